The third kappa shape index (κ3) is 5.09. The van der Waals surface area contributed by atoms with E-state index in [1.165, 1.54) is 43.3 Å². The third-order valence-corrected chi connectivity index (χ3v) is 4.94. The zero-order valence-corrected chi connectivity index (χ0v) is 14.4. The molecular weight excluding hydrogens is 347 g/mol. The molecule has 0 saturated carbocycles. The van der Waals surface area contributed by atoms with Gasteiger partial charge < -0.3 is 10.5 Å². The van der Waals surface area contributed by atoms with Crippen molar-refractivity contribution in [3.05, 3.63) is 59.9 Å². The minimum Gasteiger partial charge on any atom is -0.423 e. The Bertz CT molecular complexity index is 838. The molecule has 0 aliphatic heterocycles. The van der Waals surface area contributed by atoms with Gasteiger partial charge in [-0.15, -0.1) is 0 Å². The predicted octanol–water partition coefficient (Wildman–Crippen LogP) is 1.80. The number of hydrogen-bond acceptors (Lipinski definition) is 5. The SMILES string of the molecule is CC(CNS(=O)(=O)c1ccc(CN)cc1)C(=O)Oc1ccccc1F. The van der Waals surface area contributed by atoms with Gasteiger partial charge in [-0.1, -0.05) is 31.2 Å². The molecule has 0 radical (unpaired) electrons. The normalized spacial score (nSPS) is 12.6. The van der Waals surface area contributed by atoms with Gasteiger partial charge in [0.2, 0.25) is 10.0 Å². The molecule has 1 unspecified atom stereocenters. The average molecular weight is 366 g/mol. The Labute approximate surface area is 145 Å². The van der Waals surface area contributed by atoms with Crippen molar-refractivity contribution >= 4 is 16.0 Å². The molecule has 0 fully saturated rings. The molecule has 1 atom stereocenters. The van der Waals surface area contributed by atoms with E-state index < -0.39 is 27.7 Å². The van der Waals surface area contributed by atoms with Gasteiger partial charge in [0.15, 0.2) is 11.6 Å². The van der Waals surface area contributed by atoms with Crippen molar-refractivity contribution in [3.8, 4) is 5.75 Å². The van der Waals surface area contributed by atoms with E-state index in [0.29, 0.717) is 6.54 Å². The third-order valence-electron chi connectivity index (χ3n) is 3.50. The smallest absolute Gasteiger partial charge is 0.315 e. The quantitative estimate of drug-likeness (QED) is 0.575. The van der Waals surface area contributed by atoms with Gasteiger partial charge in [-0.3, -0.25) is 4.79 Å². The summed E-state index contributed by atoms with van der Waals surface area (Å²) in [6, 6.07) is 11.6. The highest BCUT2D eigenvalue weighted by molar-refractivity contribution is 7.89. The number of para-hydroxylation sites is 1. The van der Waals surface area contributed by atoms with Crippen LogP contribution in [0.3, 0.4) is 0 Å². The lowest BCUT2D eigenvalue weighted by Gasteiger charge is -2.13. The number of nitrogens with two attached hydrogens (primary N) is 1. The molecule has 3 N–H and O–H groups in total. The molecule has 0 amide bonds. The molecule has 134 valence electrons. The van der Waals surface area contributed by atoms with Gasteiger partial charge in [0.1, 0.15) is 0 Å². The zero-order valence-electron chi connectivity index (χ0n) is 13.6. The average Bonchev–Trinajstić information content (AvgIpc) is 2.61. The molecule has 2 aromatic carbocycles. The fourth-order valence-corrected chi connectivity index (χ4v) is 3.07. The molecule has 2 aromatic rings. The minimum absolute atomic E-state index is 0.0689. The first-order valence-electron chi connectivity index (χ1n) is 7.58. The van der Waals surface area contributed by atoms with Crippen molar-refractivity contribution in [2.24, 2.45) is 11.7 Å². The molecule has 0 aromatic heterocycles. The van der Waals surface area contributed by atoms with Crippen molar-refractivity contribution in [3.63, 3.8) is 0 Å². The van der Waals surface area contributed by atoms with E-state index in [2.05, 4.69) is 4.72 Å². The van der Waals surface area contributed by atoms with Crippen LogP contribution >= 0.6 is 0 Å². The number of halogens is 1. The molecule has 2 rings (SSSR count). The minimum atomic E-state index is -3.77. The molecule has 0 bridgehead atoms. The summed E-state index contributed by atoms with van der Waals surface area (Å²) < 4.78 is 45.2. The predicted molar refractivity (Wildman–Crippen MR) is 90.7 cm³/mol. The van der Waals surface area contributed by atoms with Crippen LogP contribution in [0.25, 0.3) is 0 Å². The van der Waals surface area contributed by atoms with Gasteiger partial charge in [-0.25, -0.2) is 17.5 Å². The maximum Gasteiger partial charge on any atom is 0.315 e. The molecule has 0 heterocycles. The van der Waals surface area contributed by atoms with Crippen LogP contribution in [-0.4, -0.2) is 20.9 Å². The first-order valence-corrected chi connectivity index (χ1v) is 9.06. The summed E-state index contributed by atoms with van der Waals surface area (Å²) in [7, 11) is -3.77. The van der Waals surface area contributed by atoms with Crippen molar-refractivity contribution in [1.82, 2.24) is 4.72 Å². The van der Waals surface area contributed by atoms with Crippen molar-refractivity contribution in [2.45, 2.75) is 18.4 Å². The van der Waals surface area contributed by atoms with Crippen molar-refractivity contribution < 1.29 is 22.3 Å². The van der Waals surface area contributed by atoms with E-state index in [-0.39, 0.29) is 17.2 Å². The Hall–Kier alpha value is -2.29. The van der Waals surface area contributed by atoms with Crippen LogP contribution in [0.4, 0.5) is 4.39 Å². The van der Waals surface area contributed by atoms with Crippen LogP contribution < -0.4 is 15.2 Å². The lowest BCUT2D eigenvalue weighted by Crippen LogP contribution is -2.33. The van der Waals surface area contributed by atoms with E-state index in [9.17, 15) is 17.6 Å². The number of carbonyl (C=O) groups is 1. The van der Waals surface area contributed by atoms with E-state index in [0.717, 1.165) is 5.56 Å². The van der Waals surface area contributed by atoms with Gasteiger partial charge in [0, 0.05) is 13.1 Å². The summed E-state index contributed by atoms with van der Waals surface area (Å²) in [6.45, 7) is 1.63. The first kappa shape index (κ1) is 19.0. The number of ether oxygens (including phenoxy) is 1. The Kier molecular flexibility index (Phi) is 6.24. The summed E-state index contributed by atoms with van der Waals surface area (Å²) in [5.74, 6) is -2.38. The molecule has 8 heteroatoms. The standard InChI is InChI=1S/C17H19FN2O4S/c1-12(17(21)24-16-5-3-2-4-15(16)18)11-20-25(22,23)14-8-6-13(10-19)7-9-14/h2-9,12,20H,10-11,19H2,1H3. The summed E-state index contributed by atoms with van der Waals surface area (Å²) in [5.41, 5.74) is 6.28. The Morgan fingerprint density at radius 2 is 1.84 bits per heavy atom. The van der Waals surface area contributed by atoms with Gasteiger partial charge >= 0.3 is 5.97 Å². The summed E-state index contributed by atoms with van der Waals surface area (Å²) in [5, 5.41) is 0. The van der Waals surface area contributed by atoms with Gasteiger partial charge in [-0.05, 0) is 29.8 Å². The van der Waals surface area contributed by atoms with Crippen LogP contribution in [0, 0.1) is 11.7 Å². The number of esters is 1. The number of rotatable bonds is 7. The second-order valence-electron chi connectivity index (χ2n) is 5.45. The highest BCUT2D eigenvalue weighted by Crippen LogP contribution is 2.17. The number of hydrogen-bond donors (Lipinski definition) is 2. The Morgan fingerprint density at radius 1 is 1.20 bits per heavy atom. The Morgan fingerprint density at radius 3 is 2.44 bits per heavy atom. The van der Waals surface area contributed by atoms with Gasteiger partial charge in [0.25, 0.3) is 0 Å². The van der Waals surface area contributed by atoms with E-state index in [4.69, 9.17) is 10.5 Å². The second-order valence-corrected chi connectivity index (χ2v) is 7.22. The fourth-order valence-electron chi connectivity index (χ4n) is 1.94. The summed E-state index contributed by atoms with van der Waals surface area (Å²) in [6.07, 6.45) is 0. The van der Waals surface area contributed by atoms with Crippen LogP contribution in [0.5, 0.6) is 5.75 Å². The molecule has 0 aliphatic rings. The van der Waals surface area contributed by atoms with E-state index >= 15 is 0 Å². The topological polar surface area (TPSA) is 98.5 Å². The van der Waals surface area contributed by atoms with E-state index in [1.807, 2.05) is 0 Å². The Balaban J connectivity index is 1.96. The van der Waals surface area contributed by atoms with Crippen LogP contribution in [0.2, 0.25) is 0 Å². The number of sulfonamides is 1. The highest BCUT2D eigenvalue weighted by Gasteiger charge is 2.21. The van der Waals surface area contributed by atoms with Crippen LogP contribution in [0.15, 0.2) is 53.4 Å². The molecule has 0 spiro atoms. The maximum absolute atomic E-state index is 13.5. The molecular formula is C17H19FN2O4S. The number of carbonyl (C=O) groups excluding carboxylic acids is 1. The molecule has 0 saturated heterocycles. The van der Waals surface area contributed by atoms with Crippen LogP contribution in [0.1, 0.15) is 12.5 Å². The van der Waals surface area contributed by atoms with Crippen molar-refractivity contribution in [1.29, 1.82) is 0 Å². The van der Waals surface area contributed by atoms with Crippen molar-refractivity contribution in [2.75, 3.05) is 6.54 Å². The fraction of sp³-hybridized carbons (Fsp3) is 0.235. The summed E-state index contributed by atoms with van der Waals surface area (Å²) in [4.78, 5) is 12.0. The number of nitrogens with one attached hydrogen (secondary N) is 1. The van der Waals surface area contributed by atoms with Crippen LogP contribution in [-0.2, 0) is 21.4 Å². The largest absolute Gasteiger partial charge is 0.423 e. The first-order chi connectivity index (χ1) is 11.8. The van der Waals surface area contributed by atoms with E-state index in [1.54, 1.807) is 12.1 Å². The molecule has 25 heavy (non-hydrogen) atoms. The van der Waals surface area contributed by atoms with Gasteiger partial charge in [0.05, 0.1) is 10.8 Å². The van der Waals surface area contributed by atoms with Gasteiger partial charge in [-0.2, -0.15) is 0 Å². The molecule has 0 aliphatic carbocycles. The lowest BCUT2D eigenvalue weighted by molar-refractivity contribution is -0.138. The second kappa shape index (κ2) is 8.19. The maximum atomic E-state index is 13.5. The monoisotopic (exact) mass is 366 g/mol. The molecule has 6 nitrogen and oxygen atoms in total. The highest BCUT2D eigenvalue weighted by atomic mass is 32.2. The number of benzene rings is 2. The summed E-state index contributed by atoms with van der Waals surface area (Å²) >= 11 is 0. The lowest BCUT2D eigenvalue weighted by atomic mass is 10.2. The zero-order chi connectivity index (χ0) is 18.4.